The highest BCUT2D eigenvalue weighted by Crippen LogP contribution is 2.27. The number of anilines is 1. The van der Waals surface area contributed by atoms with E-state index in [2.05, 4.69) is 35.2 Å². The average molecular weight is 463 g/mol. The van der Waals surface area contributed by atoms with E-state index in [1.54, 1.807) is 55.5 Å². The Morgan fingerprint density at radius 1 is 0.939 bits per heavy atom. The molecule has 4 rings (SSSR count). The van der Waals surface area contributed by atoms with Crippen molar-refractivity contribution in [1.82, 2.24) is 5.32 Å². The Morgan fingerprint density at radius 3 is 2.36 bits per heavy atom. The molecule has 0 saturated carbocycles. The summed E-state index contributed by atoms with van der Waals surface area (Å²) in [7, 11) is -3.69. The molecule has 0 bridgehead atoms. The highest BCUT2D eigenvalue weighted by Gasteiger charge is 2.19. The van der Waals surface area contributed by atoms with Crippen LogP contribution in [0.25, 0.3) is 0 Å². The fraction of sp³-hybridized carbons (Fsp3) is 0.296. The number of amides is 1. The van der Waals surface area contributed by atoms with Crippen LogP contribution in [0, 0.1) is 6.92 Å². The highest BCUT2D eigenvalue weighted by atomic mass is 32.2. The molecule has 1 unspecified atom stereocenters. The molecule has 1 aliphatic carbocycles. The first kappa shape index (κ1) is 23.1. The number of rotatable bonds is 7. The fourth-order valence-corrected chi connectivity index (χ4v) is 5.51. The van der Waals surface area contributed by atoms with Gasteiger partial charge in [-0.1, -0.05) is 43.3 Å². The van der Waals surface area contributed by atoms with E-state index in [9.17, 15) is 13.2 Å². The van der Waals surface area contributed by atoms with E-state index in [1.807, 2.05) is 0 Å². The highest BCUT2D eigenvalue weighted by molar-refractivity contribution is 7.92. The van der Waals surface area contributed by atoms with Crippen molar-refractivity contribution in [2.75, 3.05) is 4.72 Å². The van der Waals surface area contributed by atoms with Crippen LogP contribution in [-0.4, -0.2) is 14.3 Å². The standard InChI is InChI=1S/C27H30N2O3S/c1-3-25(22-14-13-20-9-7-8-10-21(20)18-22)28-27(30)23-15-16-26(19(2)17-23)29-33(31,32)24-11-5-4-6-12-24/h4-6,11-18,25,29H,3,7-10H2,1-2H3,(H,28,30). The van der Waals surface area contributed by atoms with Gasteiger partial charge in [-0.2, -0.15) is 0 Å². The molecular weight excluding hydrogens is 432 g/mol. The predicted octanol–water partition coefficient (Wildman–Crippen LogP) is 5.56. The molecule has 1 amide bonds. The number of fused-ring (bicyclic) bond motifs is 1. The minimum atomic E-state index is -3.69. The summed E-state index contributed by atoms with van der Waals surface area (Å²) in [6, 6.07) is 19.8. The summed E-state index contributed by atoms with van der Waals surface area (Å²) in [6.07, 6.45) is 5.50. The quantitative estimate of drug-likeness (QED) is 0.483. The van der Waals surface area contributed by atoms with E-state index < -0.39 is 10.0 Å². The maximum atomic E-state index is 13.0. The van der Waals surface area contributed by atoms with Gasteiger partial charge in [0.25, 0.3) is 15.9 Å². The van der Waals surface area contributed by atoms with Crippen molar-refractivity contribution in [2.45, 2.75) is 56.9 Å². The molecule has 0 heterocycles. The van der Waals surface area contributed by atoms with Gasteiger partial charge in [-0.15, -0.1) is 0 Å². The molecular formula is C27H30N2O3S. The van der Waals surface area contributed by atoms with Crippen LogP contribution in [-0.2, 0) is 22.9 Å². The summed E-state index contributed by atoms with van der Waals surface area (Å²) < 4.78 is 27.9. The fourth-order valence-electron chi connectivity index (χ4n) is 4.36. The van der Waals surface area contributed by atoms with Gasteiger partial charge in [0.1, 0.15) is 0 Å². The van der Waals surface area contributed by atoms with Crippen molar-refractivity contribution in [3.05, 3.63) is 94.5 Å². The summed E-state index contributed by atoms with van der Waals surface area (Å²) in [6.45, 7) is 3.86. The first-order valence-electron chi connectivity index (χ1n) is 11.5. The van der Waals surface area contributed by atoms with Crippen molar-refractivity contribution in [2.24, 2.45) is 0 Å². The van der Waals surface area contributed by atoms with Crippen molar-refractivity contribution < 1.29 is 13.2 Å². The molecule has 3 aromatic rings. The molecule has 2 N–H and O–H groups in total. The van der Waals surface area contributed by atoms with Gasteiger partial charge in [0.15, 0.2) is 0 Å². The molecule has 0 radical (unpaired) electrons. The van der Waals surface area contributed by atoms with Crippen LogP contribution in [0.1, 0.15) is 64.8 Å². The lowest BCUT2D eigenvalue weighted by Gasteiger charge is -2.22. The second kappa shape index (κ2) is 9.79. The van der Waals surface area contributed by atoms with E-state index in [0.29, 0.717) is 16.8 Å². The number of sulfonamides is 1. The zero-order valence-electron chi connectivity index (χ0n) is 19.1. The number of aryl methyl sites for hydroxylation is 3. The topological polar surface area (TPSA) is 75.3 Å². The second-order valence-electron chi connectivity index (χ2n) is 8.62. The van der Waals surface area contributed by atoms with Crippen LogP contribution >= 0.6 is 0 Å². The van der Waals surface area contributed by atoms with Crippen molar-refractivity contribution in [1.29, 1.82) is 0 Å². The molecule has 1 aliphatic rings. The molecule has 6 heteroatoms. The molecule has 0 aromatic heterocycles. The number of carbonyl (C=O) groups excluding carboxylic acids is 1. The first-order valence-corrected chi connectivity index (χ1v) is 13.0. The molecule has 5 nitrogen and oxygen atoms in total. The van der Waals surface area contributed by atoms with Gasteiger partial charge in [-0.25, -0.2) is 8.42 Å². The lowest BCUT2D eigenvalue weighted by molar-refractivity contribution is 0.0935. The van der Waals surface area contributed by atoms with Gasteiger partial charge < -0.3 is 5.32 Å². The lowest BCUT2D eigenvalue weighted by atomic mass is 9.88. The number of hydrogen-bond acceptors (Lipinski definition) is 3. The van der Waals surface area contributed by atoms with Gasteiger partial charge in [-0.05, 0) is 91.6 Å². The van der Waals surface area contributed by atoms with Gasteiger partial charge in [0, 0.05) is 5.56 Å². The van der Waals surface area contributed by atoms with E-state index >= 15 is 0 Å². The van der Waals surface area contributed by atoms with Gasteiger partial charge >= 0.3 is 0 Å². The molecule has 1 atom stereocenters. The number of hydrogen-bond donors (Lipinski definition) is 2. The van der Waals surface area contributed by atoms with Crippen LogP contribution < -0.4 is 10.0 Å². The summed E-state index contributed by atoms with van der Waals surface area (Å²) in [5.41, 5.74) is 5.61. The van der Waals surface area contributed by atoms with Crippen molar-refractivity contribution in [3.63, 3.8) is 0 Å². The molecule has 33 heavy (non-hydrogen) atoms. The number of carbonyl (C=O) groups is 1. The second-order valence-corrected chi connectivity index (χ2v) is 10.3. The Labute approximate surface area is 196 Å². The maximum Gasteiger partial charge on any atom is 0.261 e. The summed E-state index contributed by atoms with van der Waals surface area (Å²) in [4.78, 5) is 13.2. The SMILES string of the molecule is CCC(NC(=O)c1ccc(NS(=O)(=O)c2ccccc2)c(C)c1)c1ccc2c(c1)CCCC2. The Bertz CT molecular complexity index is 1250. The van der Waals surface area contributed by atoms with Crippen molar-refractivity contribution >= 4 is 21.6 Å². The Balaban J connectivity index is 1.49. The van der Waals surface area contributed by atoms with Crippen LogP contribution in [0.5, 0.6) is 0 Å². The smallest absolute Gasteiger partial charge is 0.261 e. The van der Waals surface area contributed by atoms with Crippen LogP contribution in [0.4, 0.5) is 5.69 Å². The van der Waals surface area contributed by atoms with Crippen LogP contribution in [0.3, 0.4) is 0 Å². The third-order valence-electron chi connectivity index (χ3n) is 6.27. The van der Waals surface area contributed by atoms with Gasteiger partial charge in [0.2, 0.25) is 0 Å². The van der Waals surface area contributed by atoms with Crippen LogP contribution in [0.2, 0.25) is 0 Å². The van der Waals surface area contributed by atoms with E-state index in [1.165, 1.54) is 24.0 Å². The molecule has 0 saturated heterocycles. The predicted molar refractivity (Wildman–Crippen MR) is 132 cm³/mol. The Morgan fingerprint density at radius 2 is 1.67 bits per heavy atom. The van der Waals surface area contributed by atoms with E-state index in [0.717, 1.165) is 24.8 Å². The summed E-state index contributed by atoms with van der Waals surface area (Å²) >= 11 is 0. The molecule has 0 spiro atoms. The molecule has 0 aliphatic heterocycles. The van der Waals surface area contributed by atoms with E-state index in [-0.39, 0.29) is 16.8 Å². The van der Waals surface area contributed by atoms with Gasteiger partial charge in [0.05, 0.1) is 16.6 Å². The van der Waals surface area contributed by atoms with Crippen molar-refractivity contribution in [3.8, 4) is 0 Å². The third kappa shape index (κ3) is 5.28. The van der Waals surface area contributed by atoms with Crippen LogP contribution in [0.15, 0.2) is 71.6 Å². The normalized spacial score (nSPS) is 14.2. The Kier molecular flexibility index (Phi) is 6.84. The average Bonchev–Trinajstić information content (AvgIpc) is 2.83. The lowest BCUT2D eigenvalue weighted by Crippen LogP contribution is -2.28. The zero-order valence-corrected chi connectivity index (χ0v) is 19.9. The Hall–Kier alpha value is -3.12. The monoisotopic (exact) mass is 462 g/mol. The minimum absolute atomic E-state index is 0.0682. The largest absolute Gasteiger partial charge is 0.345 e. The van der Waals surface area contributed by atoms with Gasteiger partial charge in [-0.3, -0.25) is 9.52 Å². The maximum absolute atomic E-state index is 13.0. The minimum Gasteiger partial charge on any atom is -0.345 e. The number of nitrogens with one attached hydrogen (secondary N) is 2. The first-order chi connectivity index (χ1) is 15.9. The molecule has 3 aromatic carbocycles. The van der Waals surface area contributed by atoms with E-state index in [4.69, 9.17) is 0 Å². The summed E-state index contributed by atoms with van der Waals surface area (Å²) in [5, 5.41) is 3.15. The third-order valence-corrected chi connectivity index (χ3v) is 7.66. The summed E-state index contributed by atoms with van der Waals surface area (Å²) in [5.74, 6) is -0.167. The zero-order chi connectivity index (χ0) is 23.4. The molecule has 0 fully saturated rings. The number of benzene rings is 3. The molecule has 172 valence electrons.